The molecular formula is C12H22BrNO3S. The maximum absolute atomic E-state index is 12.7. The minimum absolute atomic E-state index is 0.200. The maximum Gasteiger partial charge on any atom is 0.217 e. The molecule has 2 saturated heterocycles. The Bertz CT molecular complexity index is 352. The van der Waals surface area contributed by atoms with Crippen LogP contribution in [0.1, 0.15) is 38.5 Å². The molecule has 4 nitrogen and oxygen atoms in total. The molecule has 0 spiro atoms. The molecule has 0 aromatic rings. The van der Waals surface area contributed by atoms with Gasteiger partial charge in [-0.15, -0.1) is 0 Å². The topological polar surface area (TPSA) is 46.6 Å². The van der Waals surface area contributed by atoms with Gasteiger partial charge in [-0.2, -0.15) is 4.31 Å². The molecule has 0 aromatic heterocycles. The predicted molar refractivity (Wildman–Crippen MR) is 75.5 cm³/mol. The minimum Gasteiger partial charge on any atom is -0.381 e. The van der Waals surface area contributed by atoms with Crippen molar-refractivity contribution in [1.29, 1.82) is 0 Å². The number of halogens is 1. The van der Waals surface area contributed by atoms with E-state index in [1.165, 1.54) is 0 Å². The first-order valence-corrected chi connectivity index (χ1v) is 9.43. The molecule has 2 heterocycles. The molecule has 0 aromatic carbocycles. The van der Waals surface area contributed by atoms with Crippen molar-refractivity contribution in [3.63, 3.8) is 0 Å². The van der Waals surface area contributed by atoms with Crippen LogP contribution in [-0.2, 0) is 14.8 Å². The van der Waals surface area contributed by atoms with Gasteiger partial charge in [0.2, 0.25) is 10.0 Å². The van der Waals surface area contributed by atoms with Gasteiger partial charge in [-0.25, -0.2) is 8.42 Å². The molecule has 2 aliphatic rings. The molecule has 0 N–H and O–H groups in total. The van der Waals surface area contributed by atoms with Crippen molar-refractivity contribution in [3.8, 4) is 0 Å². The Morgan fingerprint density at radius 2 is 1.89 bits per heavy atom. The van der Waals surface area contributed by atoms with E-state index in [4.69, 9.17) is 4.74 Å². The van der Waals surface area contributed by atoms with Gasteiger partial charge in [0.05, 0.1) is 5.25 Å². The third kappa shape index (κ3) is 3.26. The molecule has 0 aliphatic carbocycles. The molecule has 1 atom stereocenters. The molecule has 2 rings (SSSR count). The van der Waals surface area contributed by atoms with E-state index < -0.39 is 10.0 Å². The van der Waals surface area contributed by atoms with E-state index in [1.54, 1.807) is 4.31 Å². The van der Waals surface area contributed by atoms with Crippen LogP contribution in [0.25, 0.3) is 0 Å². The zero-order chi connectivity index (χ0) is 13.0. The van der Waals surface area contributed by atoms with Crippen LogP contribution in [0.3, 0.4) is 0 Å². The number of ether oxygens (including phenoxy) is 1. The fraction of sp³-hybridized carbons (Fsp3) is 1.00. The molecule has 2 aliphatic heterocycles. The van der Waals surface area contributed by atoms with Crippen molar-refractivity contribution < 1.29 is 13.2 Å². The van der Waals surface area contributed by atoms with E-state index in [-0.39, 0.29) is 11.3 Å². The largest absolute Gasteiger partial charge is 0.381 e. The number of nitrogens with zero attached hydrogens (tertiary/aromatic N) is 1. The SMILES string of the molecule is O=S(=O)(C1CCOCC1)N1CCCCC1CCBr. The Morgan fingerprint density at radius 3 is 2.56 bits per heavy atom. The Kier molecular flexibility index (Phi) is 5.47. The van der Waals surface area contributed by atoms with Gasteiger partial charge >= 0.3 is 0 Å². The third-order valence-corrected chi connectivity index (χ3v) is 6.84. The number of alkyl halides is 1. The average Bonchev–Trinajstić information content (AvgIpc) is 2.41. The molecule has 0 amide bonds. The van der Waals surface area contributed by atoms with Crippen LogP contribution in [0.2, 0.25) is 0 Å². The second-order valence-corrected chi connectivity index (χ2v) is 8.05. The van der Waals surface area contributed by atoms with Crippen LogP contribution in [0.4, 0.5) is 0 Å². The number of hydrogen-bond donors (Lipinski definition) is 0. The van der Waals surface area contributed by atoms with Gasteiger partial charge in [0.25, 0.3) is 0 Å². The summed E-state index contributed by atoms with van der Waals surface area (Å²) in [6.07, 6.45) is 5.38. The highest BCUT2D eigenvalue weighted by molar-refractivity contribution is 9.09. The molecular weight excluding hydrogens is 318 g/mol. The number of rotatable bonds is 4. The van der Waals surface area contributed by atoms with Gasteiger partial charge in [-0.05, 0) is 32.1 Å². The molecule has 2 fully saturated rings. The van der Waals surface area contributed by atoms with Crippen molar-refractivity contribution in [3.05, 3.63) is 0 Å². The van der Waals surface area contributed by atoms with E-state index in [0.29, 0.717) is 32.6 Å². The fourth-order valence-corrected chi connectivity index (χ4v) is 5.60. The van der Waals surface area contributed by atoms with Crippen molar-refractivity contribution in [1.82, 2.24) is 4.31 Å². The van der Waals surface area contributed by atoms with Crippen molar-refractivity contribution in [2.75, 3.05) is 25.1 Å². The lowest BCUT2D eigenvalue weighted by Crippen LogP contribution is -2.49. The van der Waals surface area contributed by atoms with Crippen LogP contribution >= 0.6 is 15.9 Å². The van der Waals surface area contributed by atoms with Gasteiger partial charge < -0.3 is 4.74 Å². The molecule has 0 radical (unpaired) electrons. The van der Waals surface area contributed by atoms with Gasteiger partial charge in [0.15, 0.2) is 0 Å². The van der Waals surface area contributed by atoms with Gasteiger partial charge in [0.1, 0.15) is 0 Å². The summed E-state index contributed by atoms with van der Waals surface area (Å²) in [5.74, 6) is 0. The van der Waals surface area contributed by atoms with Crippen LogP contribution < -0.4 is 0 Å². The van der Waals surface area contributed by atoms with Crippen molar-refractivity contribution >= 4 is 26.0 Å². The highest BCUT2D eigenvalue weighted by atomic mass is 79.9. The molecule has 6 heteroatoms. The lowest BCUT2D eigenvalue weighted by molar-refractivity contribution is 0.0962. The number of sulfonamides is 1. The highest BCUT2D eigenvalue weighted by Gasteiger charge is 2.38. The van der Waals surface area contributed by atoms with Gasteiger partial charge in [0, 0.05) is 31.1 Å². The lowest BCUT2D eigenvalue weighted by Gasteiger charge is -2.37. The second kappa shape index (κ2) is 6.68. The first-order chi connectivity index (χ1) is 8.66. The predicted octanol–water partition coefficient (Wildman–Crippen LogP) is 2.13. The van der Waals surface area contributed by atoms with Crippen LogP contribution in [0.15, 0.2) is 0 Å². The smallest absolute Gasteiger partial charge is 0.217 e. The fourth-order valence-electron chi connectivity index (χ4n) is 2.89. The summed E-state index contributed by atoms with van der Waals surface area (Å²) in [7, 11) is -3.12. The zero-order valence-corrected chi connectivity index (χ0v) is 13.1. The zero-order valence-electron chi connectivity index (χ0n) is 10.7. The normalized spacial score (nSPS) is 28.4. The third-order valence-electron chi connectivity index (χ3n) is 3.93. The highest BCUT2D eigenvalue weighted by Crippen LogP contribution is 2.28. The minimum atomic E-state index is -3.12. The van der Waals surface area contributed by atoms with E-state index in [9.17, 15) is 8.42 Å². The monoisotopic (exact) mass is 339 g/mol. The molecule has 106 valence electrons. The van der Waals surface area contributed by atoms with Crippen LogP contribution in [0, 0.1) is 0 Å². The molecule has 1 unspecified atom stereocenters. The quantitative estimate of drug-likeness (QED) is 0.737. The lowest BCUT2D eigenvalue weighted by atomic mass is 10.0. The Hall–Kier alpha value is 0.350. The molecule has 0 bridgehead atoms. The number of piperidine rings is 1. The summed E-state index contributed by atoms with van der Waals surface area (Å²) in [4.78, 5) is 0. The summed E-state index contributed by atoms with van der Waals surface area (Å²) in [5.41, 5.74) is 0. The summed E-state index contributed by atoms with van der Waals surface area (Å²) in [6, 6.07) is 0.200. The Morgan fingerprint density at radius 1 is 1.17 bits per heavy atom. The summed E-state index contributed by atoms with van der Waals surface area (Å²) in [5, 5.41) is 0.652. The van der Waals surface area contributed by atoms with Gasteiger partial charge in [-0.3, -0.25) is 0 Å². The molecule has 0 saturated carbocycles. The summed E-state index contributed by atoms with van der Waals surface area (Å²) < 4.78 is 32.4. The standard InChI is InChI=1S/C12H22BrNO3S/c13-7-4-11-3-1-2-8-14(11)18(15,16)12-5-9-17-10-6-12/h11-12H,1-10H2. The van der Waals surface area contributed by atoms with Crippen molar-refractivity contribution in [2.24, 2.45) is 0 Å². The van der Waals surface area contributed by atoms with Gasteiger partial charge in [-0.1, -0.05) is 22.4 Å². The maximum atomic E-state index is 12.7. The van der Waals surface area contributed by atoms with E-state index in [2.05, 4.69) is 15.9 Å². The van der Waals surface area contributed by atoms with E-state index in [1.807, 2.05) is 0 Å². The van der Waals surface area contributed by atoms with Crippen LogP contribution in [-0.4, -0.2) is 49.1 Å². The summed E-state index contributed by atoms with van der Waals surface area (Å²) in [6.45, 7) is 1.87. The van der Waals surface area contributed by atoms with Crippen LogP contribution in [0.5, 0.6) is 0 Å². The first kappa shape index (κ1) is 14.8. The Labute approximate surface area is 118 Å². The van der Waals surface area contributed by atoms with Crippen molar-refractivity contribution in [2.45, 2.75) is 49.8 Å². The number of hydrogen-bond acceptors (Lipinski definition) is 3. The average molecular weight is 340 g/mol. The van der Waals surface area contributed by atoms with E-state index in [0.717, 1.165) is 31.0 Å². The van der Waals surface area contributed by atoms with E-state index >= 15 is 0 Å². The first-order valence-electron chi connectivity index (χ1n) is 6.80. The second-order valence-electron chi connectivity index (χ2n) is 5.09. The summed E-state index contributed by atoms with van der Waals surface area (Å²) >= 11 is 3.43. The Balaban J connectivity index is 2.10. The molecule has 18 heavy (non-hydrogen) atoms.